The Morgan fingerprint density at radius 3 is 2.79 bits per heavy atom. The first-order chi connectivity index (χ1) is 6.75. The van der Waals surface area contributed by atoms with E-state index in [0.29, 0.717) is 6.04 Å². The van der Waals surface area contributed by atoms with Crippen LogP contribution in [0.3, 0.4) is 0 Å². The van der Waals surface area contributed by atoms with Gasteiger partial charge in [-0.1, -0.05) is 19.8 Å². The van der Waals surface area contributed by atoms with Gasteiger partial charge in [0.2, 0.25) is 0 Å². The van der Waals surface area contributed by atoms with Gasteiger partial charge in [-0.15, -0.1) is 0 Å². The third-order valence-electron chi connectivity index (χ3n) is 3.98. The normalized spacial score (nSPS) is 40.3. The van der Waals surface area contributed by atoms with Gasteiger partial charge in [-0.05, 0) is 25.2 Å². The van der Waals surface area contributed by atoms with Crippen molar-refractivity contribution in [3.8, 4) is 0 Å². The van der Waals surface area contributed by atoms with E-state index in [1.54, 1.807) is 0 Å². The summed E-state index contributed by atoms with van der Waals surface area (Å²) in [5.74, 6) is 1.96. The molecule has 0 aromatic rings. The molecule has 82 valence electrons. The molecule has 1 saturated carbocycles. The average molecular weight is 196 g/mol. The Hall–Kier alpha value is -0.0800. The summed E-state index contributed by atoms with van der Waals surface area (Å²) in [5, 5.41) is 3.51. The van der Waals surface area contributed by atoms with Gasteiger partial charge in [0, 0.05) is 32.2 Å². The summed E-state index contributed by atoms with van der Waals surface area (Å²) in [4.78, 5) is 2.66. The molecule has 2 rings (SSSR count). The van der Waals surface area contributed by atoms with Crippen LogP contribution in [0.5, 0.6) is 0 Å². The number of nitrogens with one attached hydrogen (secondary N) is 1. The number of nitrogens with zero attached hydrogens (tertiary/aromatic N) is 1. The first-order valence-electron chi connectivity index (χ1n) is 6.21. The van der Waals surface area contributed by atoms with E-state index in [9.17, 15) is 0 Å². The predicted molar refractivity (Wildman–Crippen MR) is 60.4 cm³/mol. The molecule has 2 fully saturated rings. The first kappa shape index (κ1) is 10.4. The van der Waals surface area contributed by atoms with E-state index < -0.39 is 0 Å². The Kier molecular flexibility index (Phi) is 3.45. The third-order valence-corrected chi connectivity index (χ3v) is 3.98. The van der Waals surface area contributed by atoms with Crippen molar-refractivity contribution in [3.63, 3.8) is 0 Å². The minimum atomic E-state index is 0.695. The summed E-state index contributed by atoms with van der Waals surface area (Å²) in [5.41, 5.74) is 0. The van der Waals surface area contributed by atoms with Crippen LogP contribution in [0.15, 0.2) is 0 Å². The van der Waals surface area contributed by atoms with Crippen molar-refractivity contribution in [2.75, 3.05) is 26.2 Å². The van der Waals surface area contributed by atoms with Crippen LogP contribution < -0.4 is 5.32 Å². The predicted octanol–water partition coefficient (Wildman–Crippen LogP) is 1.72. The van der Waals surface area contributed by atoms with Crippen LogP contribution in [0, 0.1) is 11.8 Å². The summed E-state index contributed by atoms with van der Waals surface area (Å²) < 4.78 is 0. The van der Waals surface area contributed by atoms with E-state index in [0.717, 1.165) is 11.8 Å². The van der Waals surface area contributed by atoms with Crippen molar-refractivity contribution in [3.05, 3.63) is 0 Å². The molecule has 1 aliphatic heterocycles. The average Bonchev–Trinajstić information content (AvgIpc) is 2.52. The van der Waals surface area contributed by atoms with Crippen LogP contribution in [0.4, 0.5) is 0 Å². The fourth-order valence-corrected chi connectivity index (χ4v) is 3.00. The number of piperazine rings is 1. The molecule has 2 aliphatic rings. The van der Waals surface area contributed by atoms with E-state index in [2.05, 4.69) is 24.1 Å². The van der Waals surface area contributed by atoms with Gasteiger partial charge in [-0.2, -0.15) is 0 Å². The van der Waals surface area contributed by atoms with Gasteiger partial charge in [0.05, 0.1) is 0 Å². The second kappa shape index (κ2) is 4.63. The molecule has 0 aromatic heterocycles. The van der Waals surface area contributed by atoms with Crippen LogP contribution >= 0.6 is 0 Å². The molecule has 1 heterocycles. The summed E-state index contributed by atoms with van der Waals surface area (Å²) in [6.07, 6.45) is 4.40. The molecule has 0 spiro atoms. The highest BCUT2D eigenvalue weighted by molar-refractivity contribution is 4.81. The van der Waals surface area contributed by atoms with Gasteiger partial charge in [0.25, 0.3) is 0 Å². The molecule has 2 heteroatoms. The Bertz CT molecular complexity index is 181. The standard InChI is InChI=1S/C12H24N2/c1-10-4-3-5-12(10)9-14-7-6-13-11(2)8-14/h10-13H,3-9H2,1-2H3. The van der Waals surface area contributed by atoms with Crippen molar-refractivity contribution in [2.45, 2.75) is 39.2 Å². The minimum absolute atomic E-state index is 0.695. The quantitative estimate of drug-likeness (QED) is 0.723. The maximum atomic E-state index is 3.51. The molecule has 3 unspecified atom stereocenters. The van der Waals surface area contributed by atoms with Crippen molar-refractivity contribution >= 4 is 0 Å². The van der Waals surface area contributed by atoms with Crippen LogP contribution in [0.1, 0.15) is 33.1 Å². The van der Waals surface area contributed by atoms with Crippen molar-refractivity contribution in [1.29, 1.82) is 0 Å². The van der Waals surface area contributed by atoms with Gasteiger partial charge in [0.1, 0.15) is 0 Å². The molecule has 1 aliphatic carbocycles. The van der Waals surface area contributed by atoms with Crippen molar-refractivity contribution in [1.82, 2.24) is 10.2 Å². The largest absolute Gasteiger partial charge is 0.312 e. The Balaban J connectivity index is 1.78. The van der Waals surface area contributed by atoms with Gasteiger partial charge in [-0.25, -0.2) is 0 Å². The van der Waals surface area contributed by atoms with E-state index in [4.69, 9.17) is 0 Å². The lowest BCUT2D eigenvalue weighted by atomic mass is 9.97. The number of hydrogen-bond acceptors (Lipinski definition) is 2. The lowest BCUT2D eigenvalue weighted by molar-refractivity contribution is 0.166. The van der Waals surface area contributed by atoms with Crippen molar-refractivity contribution < 1.29 is 0 Å². The zero-order valence-electron chi connectivity index (χ0n) is 9.63. The fraction of sp³-hybridized carbons (Fsp3) is 1.00. The Morgan fingerprint density at radius 2 is 2.14 bits per heavy atom. The molecule has 0 bridgehead atoms. The highest BCUT2D eigenvalue weighted by atomic mass is 15.2. The molecule has 14 heavy (non-hydrogen) atoms. The van der Waals surface area contributed by atoms with E-state index >= 15 is 0 Å². The Morgan fingerprint density at radius 1 is 1.29 bits per heavy atom. The molecule has 0 amide bonds. The second-order valence-electron chi connectivity index (χ2n) is 5.28. The molecule has 1 saturated heterocycles. The second-order valence-corrected chi connectivity index (χ2v) is 5.28. The molecule has 0 radical (unpaired) electrons. The molecular weight excluding hydrogens is 172 g/mol. The monoisotopic (exact) mass is 196 g/mol. The topological polar surface area (TPSA) is 15.3 Å². The van der Waals surface area contributed by atoms with Crippen LogP contribution in [-0.2, 0) is 0 Å². The minimum Gasteiger partial charge on any atom is -0.312 e. The lowest BCUT2D eigenvalue weighted by Crippen LogP contribution is -2.50. The zero-order valence-corrected chi connectivity index (χ0v) is 9.63. The summed E-state index contributed by atoms with van der Waals surface area (Å²) in [7, 11) is 0. The first-order valence-corrected chi connectivity index (χ1v) is 6.21. The van der Waals surface area contributed by atoms with Crippen molar-refractivity contribution in [2.24, 2.45) is 11.8 Å². The lowest BCUT2D eigenvalue weighted by Gasteiger charge is -2.34. The maximum absolute atomic E-state index is 3.51. The van der Waals surface area contributed by atoms with Crippen LogP contribution in [-0.4, -0.2) is 37.1 Å². The molecule has 3 atom stereocenters. The zero-order chi connectivity index (χ0) is 9.97. The third kappa shape index (κ3) is 2.48. The highest BCUT2D eigenvalue weighted by Gasteiger charge is 2.26. The van der Waals surface area contributed by atoms with Gasteiger partial charge >= 0.3 is 0 Å². The van der Waals surface area contributed by atoms with Gasteiger partial charge in [0.15, 0.2) is 0 Å². The molecular formula is C12H24N2. The highest BCUT2D eigenvalue weighted by Crippen LogP contribution is 2.31. The smallest absolute Gasteiger partial charge is 0.0167 e. The molecule has 0 aromatic carbocycles. The number of hydrogen-bond donors (Lipinski definition) is 1. The SMILES string of the molecule is CC1CN(CC2CCCC2C)CCN1. The van der Waals surface area contributed by atoms with E-state index in [-0.39, 0.29) is 0 Å². The number of rotatable bonds is 2. The van der Waals surface area contributed by atoms with Gasteiger partial charge in [-0.3, -0.25) is 0 Å². The summed E-state index contributed by atoms with van der Waals surface area (Å²) in [6.45, 7) is 9.78. The summed E-state index contributed by atoms with van der Waals surface area (Å²) >= 11 is 0. The van der Waals surface area contributed by atoms with Crippen LogP contribution in [0.2, 0.25) is 0 Å². The maximum Gasteiger partial charge on any atom is 0.0167 e. The van der Waals surface area contributed by atoms with E-state index in [1.807, 2.05) is 0 Å². The summed E-state index contributed by atoms with van der Waals surface area (Å²) in [6, 6.07) is 0.695. The molecule has 1 N–H and O–H groups in total. The van der Waals surface area contributed by atoms with Gasteiger partial charge < -0.3 is 10.2 Å². The molecule has 2 nitrogen and oxygen atoms in total. The van der Waals surface area contributed by atoms with E-state index in [1.165, 1.54) is 45.4 Å². The fourth-order valence-electron chi connectivity index (χ4n) is 3.00. The Labute approximate surface area is 88.1 Å². The van der Waals surface area contributed by atoms with Crippen LogP contribution in [0.25, 0.3) is 0 Å².